The van der Waals surface area contributed by atoms with Crippen LogP contribution in [0.15, 0.2) is 22.8 Å². The van der Waals surface area contributed by atoms with E-state index in [-0.39, 0.29) is 0 Å². The van der Waals surface area contributed by atoms with E-state index < -0.39 is 0 Å². The Morgan fingerprint density at radius 2 is 2.25 bits per heavy atom. The lowest BCUT2D eigenvalue weighted by Gasteiger charge is -1.80. The predicted octanol–water partition coefficient (Wildman–Crippen LogP) is 0.707. The normalized spacial score (nSPS) is 7.58. The van der Waals surface area contributed by atoms with Crippen molar-refractivity contribution >= 4 is 0 Å². The molecule has 1 aromatic rings. The summed E-state index contributed by atoms with van der Waals surface area (Å²) in [5, 5.41) is 0. The summed E-state index contributed by atoms with van der Waals surface area (Å²) < 4.78 is 4.86. The van der Waals surface area contributed by atoms with Crippen LogP contribution in [0.4, 0.5) is 0 Å². The van der Waals surface area contributed by atoms with E-state index in [1.54, 1.807) is 13.2 Å². The maximum Gasteiger partial charge on any atom is 0.117 e. The van der Waals surface area contributed by atoms with Gasteiger partial charge in [0.05, 0.1) is 19.4 Å². The van der Waals surface area contributed by atoms with E-state index in [1.165, 1.54) is 0 Å². The van der Waals surface area contributed by atoms with Crippen molar-refractivity contribution in [3.63, 3.8) is 0 Å². The molecule has 3 nitrogen and oxygen atoms in total. The topological polar surface area (TPSA) is 65.2 Å². The molecule has 1 heterocycles. The summed E-state index contributed by atoms with van der Waals surface area (Å²) in [5.41, 5.74) is 10.2. The van der Waals surface area contributed by atoms with Crippen molar-refractivity contribution in [1.29, 1.82) is 0 Å². The summed E-state index contributed by atoms with van der Waals surface area (Å²) in [6.45, 7) is 2.75. The monoisotopic (exact) mass is 166 g/mol. The minimum Gasteiger partial charge on any atom is -0.468 e. The fourth-order valence-corrected chi connectivity index (χ4v) is 0.531. The van der Waals surface area contributed by atoms with Gasteiger partial charge >= 0.3 is 0 Å². The lowest BCUT2D eigenvalue weighted by atomic mass is 10.5. The molecule has 12 heavy (non-hydrogen) atoms. The first kappa shape index (κ1) is 10.8. The standard InChI is InChI=1S/C5H7NO.C4H7N/c6-4-5-2-1-3-7-5;1-2-3-4-5/h1-3H,4,6H2;4-5H2,1H3. The molecule has 0 spiro atoms. The highest BCUT2D eigenvalue weighted by Crippen LogP contribution is 1.95. The van der Waals surface area contributed by atoms with Crippen LogP contribution >= 0.6 is 0 Å². The molecule has 0 saturated heterocycles. The SMILES string of the molecule is CC#CCN.NCc1ccco1. The fourth-order valence-electron chi connectivity index (χ4n) is 0.531. The van der Waals surface area contributed by atoms with Crippen molar-refractivity contribution in [2.24, 2.45) is 11.5 Å². The van der Waals surface area contributed by atoms with Gasteiger partial charge in [-0.05, 0) is 19.1 Å². The van der Waals surface area contributed by atoms with Crippen molar-refractivity contribution in [3.8, 4) is 11.8 Å². The third kappa shape index (κ3) is 5.54. The zero-order valence-corrected chi connectivity index (χ0v) is 7.21. The van der Waals surface area contributed by atoms with Crippen LogP contribution in [0.3, 0.4) is 0 Å². The molecule has 3 heteroatoms. The highest BCUT2D eigenvalue weighted by molar-refractivity contribution is 4.96. The van der Waals surface area contributed by atoms with E-state index in [2.05, 4.69) is 11.8 Å². The van der Waals surface area contributed by atoms with Gasteiger partial charge in [-0.25, -0.2) is 0 Å². The Morgan fingerprint density at radius 3 is 2.42 bits per heavy atom. The van der Waals surface area contributed by atoms with Gasteiger partial charge in [0.25, 0.3) is 0 Å². The Balaban J connectivity index is 0.000000217. The summed E-state index contributed by atoms with van der Waals surface area (Å²) in [4.78, 5) is 0. The molecule has 0 fully saturated rings. The smallest absolute Gasteiger partial charge is 0.117 e. The highest BCUT2D eigenvalue weighted by Gasteiger charge is 1.84. The molecular weight excluding hydrogens is 152 g/mol. The third-order valence-electron chi connectivity index (χ3n) is 1.06. The van der Waals surface area contributed by atoms with Gasteiger partial charge in [-0.3, -0.25) is 0 Å². The molecule has 0 unspecified atom stereocenters. The quantitative estimate of drug-likeness (QED) is 0.604. The molecule has 0 aliphatic heterocycles. The average molecular weight is 166 g/mol. The number of hydrogen-bond acceptors (Lipinski definition) is 3. The molecule has 1 aromatic heterocycles. The molecule has 0 saturated carbocycles. The van der Waals surface area contributed by atoms with E-state index in [1.807, 2.05) is 12.1 Å². The minimum atomic E-state index is 0.483. The lowest BCUT2D eigenvalue weighted by Crippen LogP contribution is -1.92. The molecule has 0 aliphatic carbocycles. The number of nitrogens with two attached hydrogens (primary N) is 2. The van der Waals surface area contributed by atoms with Crippen LogP contribution in [0.5, 0.6) is 0 Å². The number of furan rings is 1. The number of rotatable bonds is 1. The molecule has 4 N–H and O–H groups in total. The number of hydrogen-bond donors (Lipinski definition) is 2. The van der Waals surface area contributed by atoms with Crippen molar-refractivity contribution in [2.75, 3.05) is 6.54 Å². The second kappa shape index (κ2) is 7.86. The first-order valence-corrected chi connectivity index (χ1v) is 3.67. The molecular formula is C9H14N2O. The van der Waals surface area contributed by atoms with E-state index >= 15 is 0 Å². The summed E-state index contributed by atoms with van der Waals surface area (Å²) >= 11 is 0. The van der Waals surface area contributed by atoms with Crippen molar-refractivity contribution in [3.05, 3.63) is 24.2 Å². The van der Waals surface area contributed by atoms with Crippen LogP contribution in [0.2, 0.25) is 0 Å². The van der Waals surface area contributed by atoms with Gasteiger partial charge in [0.1, 0.15) is 5.76 Å². The molecule has 0 amide bonds. The first-order valence-electron chi connectivity index (χ1n) is 3.67. The van der Waals surface area contributed by atoms with Gasteiger partial charge in [0.2, 0.25) is 0 Å². The van der Waals surface area contributed by atoms with Gasteiger partial charge in [0.15, 0.2) is 0 Å². The van der Waals surface area contributed by atoms with Crippen LogP contribution < -0.4 is 11.5 Å². The predicted molar refractivity (Wildman–Crippen MR) is 49.1 cm³/mol. The van der Waals surface area contributed by atoms with E-state index in [4.69, 9.17) is 15.9 Å². The molecule has 66 valence electrons. The van der Waals surface area contributed by atoms with Crippen LogP contribution in [0.25, 0.3) is 0 Å². The van der Waals surface area contributed by atoms with Crippen molar-refractivity contribution in [1.82, 2.24) is 0 Å². The maximum absolute atomic E-state index is 5.20. The summed E-state index contributed by atoms with van der Waals surface area (Å²) in [6, 6.07) is 3.67. The van der Waals surface area contributed by atoms with Crippen LogP contribution in [-0.2, 0) is 6.54 Å². The van der Waals surface area contributed by atoms with Crippen LogP contribution in [-0.4, -0.2) is 6.54 Å². The van der Waals surface area contributed by atoms with E-state index in [0.29, 0.717) is 13.1 Å². The van der Waals surface area contributed by atoms with Gasteiger partial charge < -0.3 is 15.9 Å². The Kier molecular flexibility index (Phi) is 7.05. The Bertz CT molecular complexity index is 231. The van der Waals surface area contributed by atoms with E-state index in [0.717, 1.165) is 5.76 Å². The minimum absolute atomic E-state index is 0.483. The summed E-state index contributed by atoms with van der Waals surface area (Å²) in [7, 11) is 0. The molecule has 0 atom stereocenters. The van der Waals surface area contributed by atoms with Crippen molar-refractivity contribution < 1.29 is 4.42 Å². The zero-order chi connectivity index (χ0) is 9.23. The Labute approximate surface area is 72.7 Å². The summed E-state index contributed by atoms with van der Waals surface area (Å²) in [5.74, 6) is 6.11. The molecule has 0 radical (unpaired) electrons. The third-order valence-corrected chi connectivity index (χ3v) is 1.06. The average Bonchev–Trinajstić information content (AvgIpc) is 2.58. The second-order valence-electron chi connectivity index (χ2n) is 1.91. The summed E-state index contributed by atoms with van der Waals surface area (Å²) in [6.07, 6.45) is 1.61. The van der Waals surface area contributed by atoms with Crippen molar-refractivity contribution in [2.45, 2.75) is 13.5 Å². The molecule has 0 aromatic carbocycles. The Hall–Kier alpha value is -1.24. The van der Waals surface area contributed by atoms with Crippen LogP contribution in [0.1, 0.15) is 12.7 Å². The highest BCUT2D eigenvalue weighted by atomic mass is 16.3. The van der Waals surface area contributed by atoms with Gasteiger partial charge in [-0.1, -0.05) is 5.92 Å². The van der Waals surface area contributed by atoms with Gasteiger partial charge in [-0.15, -0.1) is 5.92 Å². The molecule has 0 bridgehead atoms. The fraction of sp³-hybridized carbons (Fsp3) is 0.333. The van der Waals surface area contributed by atoms with E-state index in [9.17, 15) is 0 Å². The largest absolute Gasteiger partial charge is 0.468 e. The lowest BCUT2D eigenvalue weighted by molar-refractivity contribution is 0.512. The van der Waals surface area contributed by atoms with Gasteiger partial charge in [0, 0.05) is 0 Å². The molecule has 1 rings (SSSR count). The molecule has 0 aliphatic rings. The second-order valence-corrected chi connectivity index (χ2v) is 1.91. The first-order chi connectivity index (χ1) is 5.85. The maximum atomic E-state index is 5.20. The van der Waals surface area contributed by atoms with Crippen LogP contribution in [0, 0.1) is 11.8 Å². The van der Waals surface area contributed by atoms with Gasteiger partial charge in [-0.2, -0.15) is 0 Å². The Morgan fingerprint density at radius 1 is 1.50 bits per heavy atom. The zero-order valence-electron chi connectivity index (χ0n) is 7.21.